The molecule has 1 atom stereocenters. The first kappa shape index (κ1) is 18.1. The molecule has 7 nitrogen and oxygen atoms in total. The van der Waals surface area contributed by atoms with Crippen molar-refractivity contribution < 1.29 is 4.79 Å². The monoisotopic (exact) mass is 368 g/mol. The van der Waals surface area contributed by atoms with Gasteiger partial charge in [0.1, 0.15) is 0 Å². The van der Waals surface area contributed by atoms with Gasteiger partial charge in [-0.3, -0.25) is 9.48 Å². The van der Waals surface area contributed by atoms with Crippen LogP contribution in [0.25, 0.3) is 0 Å². The Morgan fingerprint density at radius 1 is 1.33 bits per heavy atom. The van der Waals surface area contributed by atoms with Crippen molar-refractivity contribution in [1.29, 1.82) is 0 Å². The van der Waals surface area contributed by atoms with E-state index in [-0.39, 0.29) is 11.9 Å². The Kier molecular flexibility index (Phi) is 4.95. The molecule has 2 aromatic rings. The van der Waals surface area contributed by atoms with Crippen molar-refractivity contribution in [1.82, 2.24) is 30.0 Å². The molecule has 2 aromatic heterocycles. The maximum absolute atomic E-state index is 12.9. The lowest BCUT2D eigenvalue weighted by Crippen LogP contribution is -2.33. The van der Waals surface area contributed by atoms with Crippen molar-refractivity contribution >= 4 is 5.91 Å². The summed E-state index contributed by atoms with van der Waals surface area (Å²) in [6.45, 7) is 9.37. The standard InChI is InChI=1S/C20H28N6O/c1-13-14(2)24-26(15(13)3)10-7-19(27)25-9-4-5-18(25)20-22-12-16-11-21-8-6-17(16)23-20/h12,18,21H,4-11H2,1-3H3/t18-/m0/s1. The molecule has 1 saturated heterocycles. The number of rotatable bonds is 4. The van der Waals surface area contributed by atoms with Crippen LogP contribution in [-0.4, -0.2) is 43.6 Å². The zero-order valence-electron chi connectivity index (χ0n) is 16.5. The van der Waals surface area contributed by atoms with Gasteiger partial charge in [0, 0.05) is 62.2 Å². The summed E-state index contributed by atoms with van der Waals surface area (Å²) in [5.74, 6) is 0.981. The number of aryl methyl sites for hydroxylation is 2. The van der Waals surface area contributed by atoms with Gasteiger partial charge < -0.3 is 10.2 Å². The Labute approximate surface area is 160 Å². The van der Waals surface area contributed by atoms with Gasteiger partial charge in [-0.1, -0.05) is 0 Å². The van der Waals surface area contributed by atoms with Crippen LogP contribution in [0.2, 0.25) is 0 Å². The maximum Gasteiger partial charge on any atom is 0.225 e. The topological polar surface area (TPSA) is 75.9 Å². The summed E-state index contributed by atoms with van der Waals surface area (Å²) < 4.78 is 1.95. The van der Waals surface area contributed by atoms with Gasteiger partial charge in [-0.25, -0.2) is 9.97 Å². The van der Waals surface area contributed by atoms with E-state index in [1.807, 2.05) is 22.7 Å². The third-order valence-electron chi connectivity index (χ3n) is 5.98. The number of fused-ring (bicyclic) bond motifs is 1. The average molecular weight is 368 g/mol. The van der Waals surface area contributed by atoms with Crippen LogP contribution in [0.5, 0.6) is 0 Å². The summed E-state index contributed by atoms with van der Waals surface area (Å²) in [6, 6.07) is 0.0138. The molecule has 4 heterocycles. The highest BCUT2D eigenvalue weighted by atomic mass is 16.2. The lowest BCUT2D eigenvalue weighted by Gasteiger charge is -2.25. The van der Waals surface area contributed by atoms with E-state index in [2.05, 4.69) is 29.2 Å². The first-order chi connectivity index (χ1) is 13.0. The third kappa shape index (κ3) is 3.48. The molecule has 0 aromatic carbocycles. The molecule has 0 aliphatic carbocycles. The molecule has 2 aliphatic rings. The van der Waals surface area contributed by atoms with Crippen molar-refractivity contribution in [2.45, 2.75) is 65.6 Å². The van der Waals surface area contributed by atoms with Gasteiger partial charge in [-0.2, -0.15) is 5.10 Å². The highest BCUT2D eigenvalue weighted by Crippen LogP contribution is 2.31. The Bertz CT molecular complexity index is 858. The van der Waals surface area contributed by atoms with Gasteiger partial charge in [-0.05, 0) is 39.2 Å². The van der Waals surface area contributed by atoms with Gasteiger partial charge in [0.25, 0.3) is 0 Å². The molecule has 0 saturated carbocycles. The summed E-state index contributed by atoms with van der Waals surface area (Å²) in [6.07, 6.45) is 5.29. The Balaban J connectivity index is 1.46. The van der Waals surface area contributed by atoms with Crippen molar-refractivity contribution in [3.8, 4) is 0 Å². The molecule has 0 bridgehead atoms. The van der Waals surface area contributed by atoms with Crippen LogP contribution in [0.15, 0.2) is 6.20 Å². The predicted octanol–water partition coefficient (Wildman–Crippen LogP) is 2.00. The second kappa shape index (κ2) is 7.38. The molecule has 1 fully saturated rings. The van der Waals surface area contributed by atoms with E-state index in [1.165, 1.54) is 11.1 Å². The fraction of sp³-hybridized carbons (Fsp3) is 0.600. The lowest BCUT2D eigenvalue weighted by molar-refractivity contribution is -0.132. The maximum atomic E-state index is 12.9. The molecular formula is C20H28N6O. The van der Waals surface area contributed by atoms with Crippen LogP contribution in [-0.2, 0) is 24.3 Å². The molecule has 0 spiro atoms. The number of hydrogen-bond acceptors (Lipinski definition) is 5. The number of nitrogens with one attached hydrogen (secondary N) is 1. The van der Waals surface area contributed by atoms with E-state index in [0.29, 0.717) is 13.0 Å². The van der Waals surface area contributed by atoms with Crippen LogP contribution >= 0.6 is 0 Å². The molecule has 7 heteroatoms. The Hall–Kier alpha value is -2.28. The van der Waals surface area contributed by atoms with E-state index in [9.17, 15) is 4.79 Å². The number of aromatic nitrogens is 4. The molecule has 0 radical (unpaired) electrons. The second-order valence-corrected chi connectivity index (χ2v) is 7.64. The zero-order chi connectivity index (χ0) is 19.0. The van der Waals surface area contributed by atoms with Gasteiger partial charge in [0.2, 0.25) is 5.91 Å². The van der Waals surface area contributed by atoms with Crippen LogP contribution < -0.4 is 5.32 Å². The molecule has 2 aliphatic heterocycles. The average Bonchev–Trinajstić information content (AvgIpc) is 3.27. The summed E-state index contributed by atoms with van der Waals surface area (Å²) >= 11 is 0. The van der Waals surface area contributed by atoms with Crippen molar-refractivity contribution in [2.24, 2.45) is 0 Å². The van der Waals surface area contributed by atoms with E-state index in [1.54, 1.807) is 0 Å². The molecule has 1 amide bonds. The van der Waals surface area contributed by atoms with Crippen LogP contribution in [0.4, 0.5) is 0 Å². The second-order valence-electron chi connectivity index (χ2n) is 7.64. The van der Waals surface area contributed by atoms with Gasteiger partial charge in [-0.15, -0.1) is 0 Å². The van der Waals surface area contributed by atoms with E-state index in [4.69, 9.17) is 4.98 Å². The fourth-order valence-electron chi connectivity index (χ4n) is 4.10. The van der Waals surface area contributed by atoms with E-state index in [0.717, 1.165) is 61.8 Å². The van der Waals surface area contributed by atoms with E-state index < -0.39 is 0 Å². The molecule has 0 unspecified atom stereocenters. The first-order valence-corrected chi connectivity index (χ1v) is 9.90. The zero-order valence-corrected chi connectivity index (χ0v) is 16.5. The third-order valence-corrected chi connectivity index (χ3v) is 5.98. The quantitative estimate of drug-likeness (QED) is 0.893. The summed E-state index contributed by atoms with van der Waals surface area (Å²) in [4.78, 5) is 24.3. The van der Waals surface area contributed by atoms with Gasteiger partial charge >= 0.3 is 0 Å². The predicted molar refractivity (Wildman–Crippen MR) is 102 cm³/mol. The number of carbonyl (C=O) groups excluding carboxylic acids is 1. The SMILES string of the molecule is Cc1nn(CCC(=O)N2CCC[C@H]2c2ncc3c(n2)CCNC3)c(C)c1C. The molecule has 4 rings (SSSR count). The molecular weight excluding hydrogens is 340 g/mol. The Morgan fingerprint density at radius 2 is 2.19 bits per heavy atom. The summed E-state index contributed by atoms with van der Waals surface area (Å²) in [7, 11) is 0. The normalized spacial score (nSPS) is 19.4. The highest BCUT2D eigenvalue weighted by molar-refractivity contribution is 5.76. The largest absolute Gasteiger partial charge is 0.332 e. The van der Waals surface area contributed by atoms with E-state index >= 15 is 0 Å². The lowest BCUT2D eigenvalue weighted by atomic mass is 10.1. The first-order valence-electron chi connectivity index (χ1n) is 9.90. The fourth-order valence-corrected chi connectivity index (χ4v) is 4.10. The summed E-state index contributed by atoms with van der Waals surface area (Å²) in [5.41, 5.74) is 5.70. The molecule has 27 heavy (non-hydrogen) atoms. The van der Waals surface area contributed by atoms with Crippen LogP contribution in [0.3, 0.4) is 0 Å². The van der Waals surface area contributed by atoms with Gasteiger partial charge in [0.05, 0.1) is 11.7 Å². The highest BCUT2D eigenvalue weighted by Gasteiger charge is 2.32. The van der Waals surface area contributed by atoms with Crippen LogP contribution in [0, 0.1) is 20.8 Å². The van der Waals surface area contributed by atoms with Crippen LogP contribution in [0.1, 0.15) is 59.3 Å². The minimum absolute atomic E-state index is 0.0138. The minimum atomic E-state index is 0.0138. The number of carbonyl (C=O) groups is 1. The number of amides is 1. The number of likely N-dealkylation sites (tertiary alicyclic amines) is 1. The van der Waals surface area contributed by atoms with Crippen molar-refractivity contribution in [3.05, 3.63) is 40.2 Å². The smallest absolute Gasteiger partial charge is 0.225 e. The summed E-state index contributed by atoms with van der Waals surface area (Å²) in [5, 5.41) is 7.90. The minimum Gasteiger partial charge on any atom is -0.332 e. The Morgan fingerprint density at radius 3 is 2.96 bits per heavy atom. The number of nitrogens with zero attached hydrogens (tertiary/aromatic N) is 5. The number of hydrogen-bond donors (Lipinski definition) is 1. The van der Waals surface area contributed by atoms with Crippen molar-refractivity contribution in [3.63, 3.8) is 0 Å². The van der Waals surface area contributed by atoms with Crippen molar-refractivity contribution in [2.75, 3.05) is 13.1 Å². The molecule has 144 valence electrons. The molecule has 1 N–H and O–H groups in total. The van der Waals surface area contributed by atoms with Gasteiger partial charge in [0.15, 0.2) is 5.82 Å².